The van der Waals surface area contributed by atoms with E-state index in [1.165, 1.54) is 4.88 Å². The van der Waals surface area contributed by atoms with E-state index in [0.717, 1.165) is 52.3 Å². The van der Waals surface area contributed by atoms with Gasteiger partial charge in [0.25, 0.3) is 0 Å². The van der Waals surface area contributed by atoms with Crippen LogP contribution in [-0.2, 0) is 11.3 Å². The second kappa shape index (κ2) is 10.8. The lowest BCUT2D eigenvalue weighted by atomic mass is 9.99. The number of aromatic nitrogens is 1. The maximum absolute atomic E-state index is 9.10. The monoisotopic (exact) mass is 475 g/mol. The normalized spacial score (nSPS) is 18.7. The first-order valence-electron chi connectivity index (χ1n) is 10.5. The van der Waals surface area contributed by atoms with Gasteiger partial charge in [0.2, 0.25) is 0 Å². The summed E-state index contributed by atoms with van der Waals surface area (Å²) in [6.07, 6.45) is 3.33. The van der Waals surface area contributed by atoms with Crippen LogP contribution in [0.4, 0.5) is 5.69 Å². The van der Waals surface area contributed by atoms with Gasteiger partial charge in [-0.1, -0.05) is 29.5 Å². The topological polar surface area (TPSA) is 66.4 Å². The molecule has 3 aromatic rings. The van der Waals surface area contributed by atoms with Crippen LogP contribution in [0.1, 0.15) is 47.1 Å². The lowest BCUT2D eigenvalue weighted by molar-refractivity contribution is -0.00645. The van der Waals surface area contributed by atoms with Gasteiger partial charge in [-0.15, -0.1) is 22.7 Å². The quantitative estimate of drug-likeness (QED) is 0.249. The van der Waals surface area contributed by atoms with E-state index < -0.39 is 0 Å². The molecular formula is C23H26ClN3O2S2. The number of aliphatic hydroxyl groups excluding tert-OH is 1. The molecule has 31 heavy (non-hydrogen) atoms. The molecule has 1 fully saturated rings. The third kappa shape index (κ3) is 5.23. The Morgan fingerprint density at radius 2 is 2.32 bits per heavy atom. The SMILES string of the molecule is CN[C@H]1CCCO[C@@H]1c1sc2c(NCc3cccs3)cc(Cl)nc2c1C#CCCCO. The summed E-state index contributed by atoms with van der Waals surface area (Å²) in [7, 11) is 1.98. The van der Waals surface area contributed by atoms with Crippen LogP contribution in [0.5, 0.6) is 0 Å². The molecule has 5 nitrogen and oxygen atoms in total. The van der Waals surface area contributed by atoms with Gasteiger partial charge in [-0.3, -0.25) is 0 Å². The maximum atomic E-state index is 9.10. The van der Waals surface area contributed by atoms with Crippen molar-refractivity contribution < 1.29 is 9.84 Å². The lowest BCUT2D eigenvalue weighted by Gasteiger charge is -2.31. The van der Waals surface area contributed by atoms with Gasteiger partial charge in [-0.25, -0.2) is 4.98 Å². The number of aliphatic hydroxyl groups is 1. The minimum Gasteiger partial charge on any atom is -0.396 e. The summed E-state index contributed by atoms with van der Waals surface area (Å²) in [6.45, 7) is 1.61. The molecular weight excluding hydrogens is 450 g/mol. The number of hydrogen-bond donors (Lipinski definition) is 3. The van der Waals surface area contributed by atoms with E-state index in [0.29, 0.717) is 18.0 Å². The molecule has 3 N–H and O–H groups in total. The molecule has 1 aliphatic heterocycles. The van der Waals surface area contributed by atoms with Gasteiger partial charge in [0, 0.05) is 43.2 Å². The van der Waals surface area contributed by atoms with E-state index >= 15 is 0 Å². The molecule has 0 unspecified atom stereocenters. The van der Waals surface area contributed by atoms with Crippen molar-refractivity contribution in [2.24, 2.45) is 0 Å². The van der Waals surface area contributed by atoms with Crippen LogP contribution in [-0.4, -0.2) is 36.4 Å². The Labute approximate surface area is 195 Å². The molecule has 0 aliphatic carbocycles. The largest absolute Gasteiger partial charge is 0.396 e. The van der Waals surface area contributed by atoms with Gasteiger partial charge in [-0.2, -0.15) is 0 Å². The summed E-state index contributed by atoms with van der Waals surface area (Å²) in [5.74, 6) is 6.54. The molecule has 4 heterocycles. The fourth-order valence-corrected chi connectivity index (χ4v) is 5.90. The Morgan fingerprint density at radius 3 is 3.10 bits per heavy atom. The van der Waals surface area contributed by atoms with Gasteiger partial charge < -0.3 is 20.5 Å². The number of rotatable bonds is 7. The van der Waals surface area contributed by atoms with E-state index in [-0.39, 0.29) is 18.8 Å². The summed E-state index contributed by atoms with van der Waals surface area (Å²) >= 11 is 9.83. The first-order chi connectivity index (χ1) is 15.2. The summed E-state index contributed by atoms with van der Waals surface area (Å²) in [6, 6.07) is 6.29. The highest BCUT2D eigenvalue weighted by Crippen LogP contribution is 2.42. The molecule has 1 saturated heterocycles. The number of fused-ring (bicyclic) bond motifs is 1. The van der Waals surface area contributed by atoms with Crippen LogP contribution < -0.4 is 10.6 Å². The van der Waals surface area contributed by atoms with Crippen molar-refractivity contribution in [3.8, 4) is 11.8 Å². The fraction of sp³-hybridized carbons (Fsp3) is 0.435. The van der Waals surface area contributed by atoms with Crippen molar-refractivity contribution in [3.63, 3.8) is 0 Å². The van der Waals surface area contributed by atoms with E-state index in [4.69, 9.17) is 21.4 Å². The number of halogens is 1. The van der Waals surface area contributed by atoms with Crippen molar-refractivity contribution >= 4 is 50.2 Å². The van der Waals surface area contributed by atoms with Gasteiger partial charge >= 0.3 is 0 Å². The van der Waals surface area contributed by atoms with E-state index in [1.807, 2.05) is 13.1 Å². The number of unbranched alkanes of at least 4 members (excludes halogenated alkanes) is 1. The molecule has 2 atom stereocenters. The van der Waals surface area contributed by atoms with Crippen molar-refractivity contribution in [1.82, 2.24) is 10.3 Å². The summed E-state index contributed by atoms with van der Waals surface area (Å²) in [5, 5.41) is 18.6. The first kappa shape index (κ1) is 22.5. The van der Waals surface area contributed by atoms with Gasteiger partial charge in [-0.05, 0) is 37.8 Å². The Kier molecular flexibility index (Phi) is 7.83. The molecule has 0 bridgehead atoms. The Hall–Kier alpha value is -1.66. The van der Waals surface area contributed by atoms with Crippen molar-refractivity contribution in [1.29, 1.82) is 0 Å². The van der Waals surface area contributed by atoms with Gasteiger partial charge in [0.1, 0.15) is 16.8 Å². The molecule has 4 rings (SSSR count). The zero-order valence-corrected chi connectivity index (χ0v) is 19.8. The number of hydrogen-bond acceptors (Lipinski definition) is 7. The molecule has 0 radical (unpaired) electrons. The Balaban J connectivity index is 1.78. The van der Waals surface area contributed by atoms with Crippen molar-refractivity contribution in [3.05, 3.63) is 44.1 Å². The number of ether oxygens (including phenoxy) is 1. The van der Waals surface area contributed by atoms with E-state index in [2.05, 4.69) is 45.0 Å². The number of thiophene rings is 2. The van der Waals surface area contributed by atoms with Crippen LogP contribution >= 0.6 is 34.3 Å². The van der Waals surface area contributed by atoms with Crippen LogP contribution in [0, 0.1) is 11.8 Å². The van der Waals surface area contributed by atoms with Crippen LogP contribution in [0.25, 0.3) is 10.2 Å². The highest BCUT2D eigenvalue weighted by molar-refractivity contribution is 7.20. The molecule has 1 aliphatic rings. The first-order valence-corrected chi connectivity index (χ1v) is 12.6. The second-order valence-electron chi connectivity index (χ2n) is 7.40. The van der Waals surface area contributed by atoms with E-state index in [1.54, 1.807) is 22.7 Å². The lowest BCUT2D eigenvalue weighted by Crippen LogP contribution is -2.37. The van der Waals surface area contributed by atoms with Crippen LogP contribution in [0.2, 0.25) is 5.15 Å². The summed E-state index contributed by atoms with van der Waals surface area (Å²) < 4.78 is 7.26. The van der Waals surface area contributed by atoms with Crippen molar-refractivity contribution in [2.75, 3.05) is 25.6 Å². The predicted molar refractivity (Wildman–Crippen MR) is 130 cm³/mol. The fourth-order valence-electron chi connectivity index (χ4n) is 3.75. The van der Waals surface area contributed by atoms with Gasteiger partial charge in [0.15, 0.2) is 0 Å². The average molecular weight is 476 g/mol. The predicted octanol–water partition coefficient (Wildman–Crippen LogP) is 5.19. The maximum Gasteiger partial charge on any atom is 0.131 e. The number of likely N-dealkylation sites (N-methyl/N-ethyl adjacent to an activating group) is 1. The van der Waals surface area contributed by atoms with Crippen molar-refractivity contribution in [2.45, 2.75) is 44.4 Å². The molecule has 0 saturated carbocycles. The molecule has 0 aromatic carbocycles. The van der Waals surface area contributed by atoms with Gasteiger partial charge in [0.05, 0.1) is 20.8 Å². The number of nitrogens with zero attached hydrogens (tertiary/aromatic N) is 1. The van der Waals surface area contributed by atoms with Crippen LogP contribution in [0.15, 0.2) is 23.6 Å². The number of pyridine rings is 1. The highest BCUT2D eigenvalue weighted by atomic mass is 35.5. The smallest absolute Gasteiger partial charge is 0.131 e. The third-order valence-electron chi connectivity index (χ3n) is 5.29. The third-order valence-corrected chi connectivity index (χ3v) is 7.64. The van der Waals surface area contributed by atoms with Crippen LogP contribution in [0.3, 0.4) is 0 Å². The molecule has 3 aromatic heterocycles. The number of anilines is 1. The molecule has 8 heteroatoms. The average Bonchev–Trinajstić information content (AvgIpc) is 3.43. The molecule has 0 amide bonds. The Morgan fingerprint density at radius 1 is 1.42 bits per heavy atom. The molecule has 0 spiro atoms. The van der Waals surface area contributed by atoms with E-state index in [9.17, 15) is 0 Å². The zero-order chi connectivity index (χ0) is 21.6. The minimum atomic E-state index is -0.0657. The summed E-state index contributed by atoms with van der Waals surface area (Å²) in [5.41, 5.74) is 2.68. The highest BCUT2D eigenvalue weighted by Gasteiger charge is 2.31. The zero-order valence-electron chi connectivity index (χ0n) is 17.4. The number of nitrogens with one attached hydrogen (secondary N) is 2. The molecule has 164 valence electrons. The standard InChI is InChI=1S/C23H26ClN3O2S2/c1-25-17-9-5-11-29-21(17)22-16(8-3-2-4-10-28)20-23(31-22)18(13-19(24)27-20)26-14-15-7-6-12-30-15/h6-7,12-13,17,21,25,28H,2,4-5,9-11,14H2,1H3,(H,26,27)/t17-,21-/m0/s1. The summed E-state index contributed by atoms with van der Waals surface area (Å²) in [4.78, 5) is 7.01. The second-order valence-corrected chi connectivity index (χ2v) is 9.87. The Bertz CT molecular complexity index is 1070. The minimum absolute atomic E-state index is 0.0657.